The summed E-state index contributed by atoms with van der Waals surface area (Å²) in [7, 11) is -1.66. The summed E-state index contributed by atoms with van der Waals surface area (Å²) in [5.74, 6) is 0. The third-order valence-electron chi connectivity index (χ3n) is 11.7. The number of alkyl halides is 2. The molecule has 0 saturated heterocycles. The van der Waals surface area contributed by atoms with Crippen LogP contribution in [0.3, 0.4) is 0 Å². The summed E-state index contributed by atoms with van der Waals surface area (Å²) >= 11 is 11.2. The third kappa shape index (κ3) is 16.5. The molecular formula is C62H54Cl2N2O2P3ReS-. The van der Waals surface area contributed by atoms with Crippen molar-refractivity contribution in [2.75, 3.05) is 23.8 Å². The molecule has 0 N–H and O–H groups in total. The fourth-order valence-electron chi connectivity index (χ4n) is 8.58. The van der Waals surface area contributed by atoms with Crippen LogP contribution in [-0.2, 0) is 35.3 Å². The molecule has 0 atom stereocenters. The maximum atomic E-state index is 7.50. The second-order valence-corrected chi connectivity index (χ2v) is 24.9. The molecule has 2 aliphatic heterocycles. The van der Waals surface area contributed by atoms with Gasteiger partial charge in [0.05, 0.1) is 10.5 Å². The summed E-state index contributed by atoms with van der Waals surface area (Å²) in [5, 5.41) is 12.0. The Kier molecular flexibility index (Phi) is 25.6. The number of fused-ring (bicyclic) bond motifs is 1. The molecule has 4 nitrogen and oxygen atoms in total. The van der Waals surface area contributed by atoms with E-state index in [0.29, 0.717) is 0 Å². The van der Waals surface area contributed by atoms with Gasteiger partial charge in [0.2, 0.25) is 0 Å². The SMILES string of the molecule is CC(CP(c1ccccc1)c1ccccc1)(CP(c1ccccc1)c1ccccc1)CP(c1ccccc1)c1ccccc1.ClCCl.[C-]#[O+].[C-]#[O+].[C-]1=CC(c2ccccc2)(c2ccccc2)N=C2SC=CN12.[Re]. The van der Waals surface area contributed by atoms with Crippen LogP contribution < -0.4 is 31.8 Å². The molecule has 0 saturated carbocycles. The van der Waals surface area contributed by atoms with E-state index in [-0.39, 0.29) is 31.2 Å². The zero-order valence-corrected chi connectivity index (χ0v) is 48.0. The second kappa shape index (κ2) is 31.7. The van der Waals surface area contributed by atoms with E-state index in [9.17, 15) is 0 Å². The molecule has 2 heterocycles. The number of aliphatic imine (C=N–C) groups is 1. The van der Waals surface area contributed by atoms with Gasteiger partial charge in [0.25, 0.3) is 0 Å². The molecule has 73 heavy (non-hydrogen) atoms. The van der Waals surface area contributed by atoms with E-state index in [2.05, 4.69) is 263 Å². The number of benzene rings is 8. The van der Waals surface area contributed by atoms with Gasteiger partial charge in [0.15, 0.2) is 0 Å². The van der Waals surface area contributed by atoms with E-state index in [1.54, 1.807) is 11.8 Å². The predicted octanol–water partition coefficient (Wildman–Crippen LogP) is 13.9. The molecule has 0 spiro atoms. The van der Waals surface area contributed by atoms with Gasteiger partial charge in [-0.05, 0) is 90.6 Å². The van der Waals surface area contributed by atoms with E-state index in [0.717, 1.165) is 34.8 Å². The Balaban J connectivity index is 0.000000283. The monoisotopic (exact) mass is 1240 g/mol. The van der Waals surface area contributed by atoms with Crippen LogP contribution in [0.15, 0.2) is 265 Å². The number of nitrogens with zero attached hydrogens (tertiary/aromatic N) is 2. The van der Waals surface area contributed by atoms with E-state index >= 15 is 0 Å². The summed E-state index contributed by atoms with van der Waals surface area (Å²) in [5.41, 5.74) is 1.89. The van der Waals surface area contributed by atoms with Crippen LogP contribution in [0.1, 0.15) is 18.1 Å². The van der Waals surface area contributed by atoms with E-state index < -0.39 is 29.3 Å². The fourth-order valence-corrected chi connectivity index (χ4v) is 18.0. The van der Waals surface area contributed by atoms with Gasteiger partial charge in [-0.15, -0.1) is 35.0 Å². The van der Waals surface area contributed by atoms with Crippen molar-refractivity contribution in [1.29, 1.82) is 0 Å². The molecule has 0 amide bonds. The second-order valence-electron chi connectivity index (χ2n) is 16.6. The van der Waals surface area contributed by atoms with Gasteiger partial charge in [0.1, 0.15) is 5.54 Å². The Bertz CT molecular complexity index is 2560. The molecule has 0 aromatic heterocycles. The van der Waals surface area contributed by atoms with Crippen LogP contribution in [0.2, 0.25) is 0 Å². The minimum Gasteiger partial charge on any atom is -0.463 e. The molecule has 11 heteroatoms. The van der Waals surface area contributed by atoms with Crippen molar-refractivity contribution < 1.29 is 29.7 Å². The first-order valence-electron chi connectivity index (χ1n) is 23.1. The summed E-state index contributed by atoms with van der Waals surface area (Å²) < 4.78 is 15.0. The van der Waals surface area contributed by atoms with Crippen LogP contribution in [0.25, 0.3) is 0 Å². The van der Waals surface area contributed by atoms with Gasteiger partial charge < -0.3 is 9.89 Å². The average molecular weight is 1240 g/mol. The molecule has 10 rings (SSSR count). The zero-order valence-electron chi connectivity index (χ0n) is 40.2. The van der Waals surface area contributed by atoms with Gasteiger partial charge in [0, 0.05) is 20.4 Å². The van der Waals surface area contributed by atoms with Crippen molar-refractivity contribution in [2.45, 2.75) is 12.5 Å². The molecule has 0 fully saturated rings. The van der Waals surface area contributed by atoms with Crippen molar-refractivity contribution in [1.82, 2.24) is 4.90 Å². The number of hydrogen-bond donors (Lipinski definition) is 0. The molecule has 367 valence electrons. The van der Waals surface area contributed by atoms with Crippen molar-refractivity contribution in [3.8, 4) is 0 Å². The first kappa shape index (κ1) is 59.0. The summed E-state index contributed by atoms with van der Waals surface area (Å²) in [4.78, 5) is 6.98. The summed E-state index contributed by atoms with van der Waals surface area (Å²) in [6.07, 6.45) is 10.8. The van der Waals surface area contributed by atoms with E-state index in [4.69, 9.17) is 37.5 Å². The number of halogens is 2. The van der Waals surface area contributed by atoms with E-state index in [1.807, 2.05) is 28.6 Å². The topological polar surface area (TPSA) is 55.4 Å². The van der Waals surface area contributed by atoms with Crippen LogP contribution in [0.5, 0.6) is 0 Å². The van der Waals surface area contributed by atoms with Crippen LogP contribution in [0.4, 0.5) is 0 Å². The zero-order chi connectivity index (χ0) is 50.9. The van der Waals surface area contributed by atoms with Crippen LogP contribution >= 0.6 is 58.7 Å². The number of hydrogen-bond acceptors (Lipinski definition) is 3. The van der Waals surface area contributed by atoms with E-state index in [1.165, 1.54) is 31.8 Å². The Morgan fingerprint density at radius 1 is 0.479 bits per heavy atom. The first-order valence-corrected chi connectivity index (χ1v) is 29.6. The smallest absolute Gasteiger partial charge is 0.108 e. The maximum absolute atomic E-state index is 7.50. The van der Waals surface area contributed by atoms with Crippen LogP contribution in [0, 0.1) is 24.9 Å². The van der Waals surface area contributed by atoms with Crippen molar-refractivity contribution in [2.24, 2.45) is 10.4 Å². The number of rotatable bonds is 14. The van der Waals surface area contributed by atoms with Gasteiger partial charge in [-0.1, -0.05) is 273 Å². The molecule has 8 aromatic rings. The first-order chi connectivity index (χ1) is 35.5. The Morgan fingerprint density at radius 2 is 0.726 bits per heavy atom. The maximum Gasteiger partial charge on any atom is 0.108 e. The van der Waals surface area contributed by atoms with Gasteiger partial charge in [-0.3, -0.25) is 0 Å². The normalized spacial score (nSPS) is 12.7. The van der Waals surface area contributed by atoms with Crippen molar-refractivity contribution in [3.05, 3.63) is 291 Å². The number of amidine groups is 1. The molecular weight excluding hydrogens is 1190 g/mol. The quantitative estimate of drug-likeness (QED) is 0.0471. The minimum absolute atomic E-state index is 0. The Hall–Kier alpha value is -4.93. The summed E-state index contributed by atoms with van der Waals surface area (Å²) in [6.45, 7) is 11.6. The Labute approximate surface area is 464 Å². The molecule has 8 aromatic carbocycles. The van der Waals surface area contributed by atoms with Gasteiger partial charge in [-0.2, -0.15) is 0 Å². The van der Waals surface area contributed by atoms with Crippen molar-refractivity contribution in [3.63, 3.8) is 0 Å². The Morgan fingerprint density at radius 3 is 0.986 bits per heavy atom. The molecule has 0 unspecified atom stereocenters. The molecule has 1 radical (unpaired) electrons. The predicted molar refractivity (Wildman–Crippen MR) is 312 cm³/mol. The average Bonchev–Trinajstić information content (AvgIpc) is 3.95. The van der Waals surface area contributed by atoms with Crippen molar-refractivity contribution >= 4 is 95.7 Å². The fraction of sp³-hybridized carbons (Fsp3) is 0.113. The minimum atomic E-state index is -0.555. The molecule has 0 aliphatic carbocycles. The number of thioether (sulfide) groups is 1. The summed E-state index contributed by atoms with van der Waals surface area (Å²) in [6, 6.07) is 88.5. The van der Waals surface area contributed by atoms with Crippen LogP contribution in [-0.4, -0.2) is 33.9 Å². The third-order valence-corrected chi connectivity index (χ3v) is 21.3. The largest absolute Gasteiger partial charge is 0.463 e. The van der Waals surface area contributed by atoms with Gasteiger partial charge >= 0.3 is 22.6 Å². The molecule has 0 bridgehead atoms. The van der Waals surface area contributed by atoms with Gasteiger partial charge in [-0.25, -0.2) is 0 Å². The standard InChI is InChI=1S/C41H39P3.C18H13N2S.CH2Cl2.2CO.Re/c1-41(32-42(35-20-8-2-9-21-35)36-22-10-3-11-23-36,33-43(37-24-12-4-13-25-37)38-26-14-5-15-27-38)34-44(39-28-16-6-17-29-39)40-30-18-7-19-31-40;1-3-7-15(8-4-1)18(16-9-5-2-6-10-16)11-12-20-13-14-21-17(20)19-18;2-1-3;2*1-2;/h2-31H,32-34H2,1H3;1-11,13-14H;1H2;;;/q;-1;;;;. The molecule has 2 aliphatic rings.